The molecule has 0 spiro atoms. The summed E-state index contributed by atoms with van der Waals surface area (Å²) in [6, 6.07) is 4.90. The largest absolute Gasteiger partial charge is 0.481 e. The topological polar surface area (TPSA) is 51.4 Å². The third-order valence-electron chi connectivity index (χ3n) is 3.62. The van der Waals surface area contributed by atoms with E-state index in [1.807, 2.05) is 12.1 Å². The summed E-state index contributed by atoms with van der Waals surface area (Å²) in [5, 5.41) is 0. The summed E-state index contributed by atoms with van der Waals surface area (Å²) in [5.74, 6) is 1.36. The molecule has 4 rings (SSSR count). The number of ether oxygens (including phenoxy) is 1. The first kappa shape index (κ1) is 8.97. The zero-order chi connectivity index (χ0) is 10.4. The molecule has 2 aliphatic heterocycles. The molecule has 1 aliphatic carbocycles. The van der Waals surface area contributed by atoms with Gasteiger partial charge in [-0.3, -0.25) is 0 Å². The minimum Gasteiger partial charge on any atom is -0.481 e. The molecule has 2 saturated heterocycles. The SMILES string of the molecule is COc1cc(N2CC3CC2C3N)ccn1. The maximum Gasteiger partial charge on any atom is 0.214 e. The maximum atomic E-state index is 6.04. The molecule has 0 aromatic carbocycles. The molecule has 2 N–H and O–H groups in total. The standard InChI is InChI=1S/C11H15N3O/c1-15-10-5-8(2-3-13-10)14-6-7-4-9(14)11(7)12/h2-3,5,7,9,11H,4,6,12H2,1H3. The monoisotopic (exact) mass is 205 g/mol. The van der Waals surface area contributed by atoms with Gasteiger partial charge >= 0.3 is 0 Å². The van der Waals surface area contributed by atoms with E-state index < -0.39 is 0 Å². The van der Waals surface area contributed by atoms with E-state index in [0.29, 0.717) is 23.9 Å². The number of nitrogens with two attached hydrogens (primary N) is 1. The van der Waals surface area contributed by atoms with Crippen molar-refractivity contribution in [3.63, 3.8) is 0 Å². The fourth-order valence-corrected chi connectivity index (χ4v) is 2.65. The smallest absolute Gasteiger partial charge is 0.214 e. The average molecular weight is 205 g/mol. The molecule has 3 unspecified atom stereocenters. The van der Waals surface area contributed by atoms with Gasteiger partial charge in [-0.25, -0.2) is 4.98 Å². The van der Waals surface area contributed by atoms with Gasteiger partial charge in [-0.05, 0) is 18.4 Å². The van der Waals surface area contributed by atoms with Crippen molar-refractivity contribution >= 4 is 5.69 Å². The van der Waals surface area contributed by atoms with E-state index in [9.17, 15) is 0 Å². The van der Waals surface area contributed by atoms with Crippen molar-refractivity contribution in [2.45, 2.75) is 18.5 Å². The van der Waals surface area contributed by atoms with Gasteiger partial charge in [0.15, 0.2) is 0 Å². The Labute approximate surface area is 89.0 Å². The molecule has 0 radical (unpaired) electrons. The molecule has 3 atom stereocenters. The van der Waals surface area contributed by atoms with Crippen molar-refractivity contribution in [2.75, 3.05) is 18.6 Å². The highest BCUT2D eigenvalue weighted by molar-refractivity contribution is 5.53. The molecular weight excluding hydrogens is 190 g/mol. The van der Waals surface area contributed by atoms with Crippen LogP contribution in [0.15, 0.2) is 18.3 Å². The van der Waals surface area contributed by atoms with Crippen molar-refractivity contribution in [3.8, 4) is 5.88 Å². The number of pyridine rings is 1. The third-order valence-corrected chi connectivity index (χ3v) is 3.62. The average Bonchev–Trinajstić information content (AvgIpc) is 2.86. The summed E-state index contributed by atoms with van der Waals surface area (Å²) in [4.78, 5) is 6.48. The molecule has 3 heterocycles. The van der Waals surface area contributed by atoms with Crippen LogP contribution >= 0.6 is 0 Å². The lowest BCUT2D eigenvalue weighted by Gasteiger charge is -2.34. The van der Waals surface area contributed by atoms with Crippen LogP contribution in [0.25, 0.3) is 0 Å². The second kappa shape index (κ2) is 3.10. The summed E-state index contributed by atoms with van der Waals surface area (Å²) in [6.45, 7) is 1.08. The zero-order valence-electron chi connectivity index (χ0n) is 8.76. The van der Waals surface area contributed by atoms with Crippen molar-refractivity contribution in [2.24, 2.45) is 11.7 Å². The van der Waals surface area contributed by atoms with Gasteiger partial charge in [0.25, 0.3) is 0 Å². The van der Waals surface area contributed by atoms with E-state index in [2.05, 4.69) is 9.88 Å². The summed E-state index contributed by atoms with van der Waals surface area (Å²) in [5.41, 5.74) is 7.22. The normalized spacial score (nSPS) is 32.7. The predicted molar refractivity (Wildman–Crippen MR) is 58.0 cm³/mol. The van der Waals surface area contributed by atoms with Crippen LogP contribution in [0, 0.1) is 5.92 Å². The van der Waals surface area contributed by atoms with Crippen molar-refractivity contribution < 1.29 is 4.74 Å². The number of hydrogen-bond acceptors (Lipinski definition) is 4. The number of aromatic nitrogens is 1. The van der Waals surface area contributed by atoms with Crippen LogP contribution < -0.4 is 15.4 Å². The molecule has 4 nitrogen and oxygen atoms in total. The quantitative estimate of drug-likeness (QED) is 0.769. The Morgan fingerprint density at radius 1 is 1.60 bits per heavy atom. The van der Waals surface area contributed by atoms with E-state index in [1.54, 1.807) is 13.3 Å². The molecule has 3 aliphatic rings. The van der Waals surface area contributed by atoms with E-state index in [1.165, 1.54) is 12.1 Å². The van der Waals surface area contributed by atoms with Crippen LogP contribution in [-0.2, 0) is 0 Å². The molecule has 3 fully saturated rings. The van der Waals surface area contributed by atoms with Gasteiger partial charge in [0.05, 0.1) is 7.11 Å². The number of fused-ring (bicyclic) bond motifs is 1. The molecule has 1 aromatic heterocycles. The second-order valence-electron chi connectivity index (χ2n) is 4.35. The molecular formula is C11H15N3O. The van der Waals surface area contributed by atoms with Crippen LogP contribution in [0.1, 0.15) is 6.42 Å². The van der Waals surface area contributed by atoms with E-state index in [0.717, 1.165) is 6.54 Å². The van der Waals surface area contributed by atoms with Crippen molar-refractivity contribution in [1.82, 2.24) is 4.98 Å². The van der Waals surface area contributed by atoms with Gasteiger partial charge in [0, 0.05) is 36.6 Å². The molecule has 4 heteroatoms. The number of methoxy groups -OCH3 is 1. The first-order chi connectivity index (χ1) is 7.29. The number of anilines is 1. The molecule has 15 heavy (non-hydrogen) atoms. The molecule has 1 saturated carbocycles. The van der Waals surface area contributed by atoms with Crippen LogP contribution in [0.5, 0.6) is 5.88 Å². The van der Waals surface area contributed by atoms with Gasteiger partial charge < -0.3 is 15.4 Å². The molecule has 2 bridgehead atoms. The van der Waals surface area contributed by atoms with Gasteiger partial charge in [-0.1, -0.05) is 0 Å². The Balaban J connectivity index is 1.87. The first-order valence-electron chi connectivity index (χ1n) is 5.32. The minimum absolute atomic E-state index is 0.365. The van der Waals surface area contributed by atoms with Crippen LogP contribution in [0.3, 0.4) is 0 Å². The Kier molecular flexibility index (Phi) is 1.85. The lowest BCUT2D eigenvalue weighted by atomic mass is 9.81. The first-order valence-corrected chi connectivity index (χ1v) is 5.32. The molecule has 0 amide bonds. The second-order valence-corrected chi connectivity index (χ2v) is 4.35. The predicted octanol–water partition coefficient (Wildman–Crippen LogP) is 0.626. The van der Waals surface area contributed by atoms with E-state index in [4.69, 9.17) is 10.5 Å². The lowest BCUT2D eigenvalue weighted by molar-refractivity contribution is 0.311. The summed E-state index contributed by atoms with van der Waals surface area (Å²) in [6.07, 6.45) is 3.03. The van der Waals surface area contributed by atoms with E-state index >= 15 is 0 Å². The highest BCUT2D eigenvalue weighted by atomic mass is 16.5. The Morgan fingerprint density at radius 3 is 3.07 bits per heavy atom. The van der Waals surface area contributed by atoms with Crippen LogP contribution in [0.4, 0.5) is 5.69 Å². The van der Waals surface area contributed by atoms with Crippen LogP contribution in [-0.4, -0.2) is 30.7 Å². The van der Waals surface area contributed by atoms with Crippen molar-refractivity contribution in [1.29, 1.82) is 0 Å². The lowest BCUT2D eigenvalue weighted by Crippen LogP contribution is -2.49. The van der Waals surface area contributed by atoms with Crippen molar-refractivity contribution in [3.05, 3.63) is 18.3 Å². The van der Waals surface area contributed by atoms with Gasteiger partial charge in [0.1, 0.15) is 0 Å². The zero-order valence-corrected chi connectivity index (χ0v) is 8.76. The highest BCUT2D eigenvalue weighted by Crippen LogP contribution is 2.42. The number of rotatable bonds is 2. The van der Waals surface area contributed by atoms with Crippen LogP contribution in [0.2, 0.25) is 0 Å². The molecule has 1 aromatic rings. The third kappa shape index (κ3) is 1.21. The highest BCUT2D eigenvalue weighted by Gasteiger charge is 2.49. The summed E-state index contributed by atoms with van der Waals surface area (Å²) >= 11 is 0. The Hall–Kier alpha value is -1.29. The maximum absolute atomic E-state index is 6.04. The van der Waals surface area contributed by atoms with Gasteiger partial charge in [0.2, 0.25) is 5.88 Å². The summed E-state index contributed by atoms with van der Waals surface area (Å²) < 4.78 is 5.12. The number of hydrogen-bond donors (Lipinski definition) is 1. The Bertz CT molecular complexity index is 382. The summed E-state index contributed by atoms with van der Waals surface area (Å²) in [7, 11) is 1.64. The fraction of sp³-hybridized carbons (Fsp3) is 0.545. The molecule has 80 valence electrons. The Morgan fingerprint density at radius 2 is 2.47 bits per heavy atom. The minimum atomic E-state index is 0.365. The van der Waals surface area contributed by atoms with Gasteiger partial charge in [-0.2, -0.15) is 0 Å². The number of nitrogens with zero attached hydrogens (tertiary/aromatic N) is 2. The van der Waals surface area contributed by atoms with Gasteiger partial charge in [-0.15, -0.1) is 0 Å². The van der Waals surface area contributed by atoms with E-state index in [-0.39, 0.29) is 0 Å². The fourth-order valence-electron chi connectivity index (χ4n) is 2.65.